The molecule has 1 aromatic carbocycles. The van der Waals surface area contributed by atoms with Crippen molar-refractivity contribution in [2.24, 2.45) is 5.73 Å². The molecule has 0 amide bonds. The van der Waals surface area contributed by atoms with Gasteiger partial charge in [-0.25, -0.2) is 0 Å². The number of hydrogen-bond donors (Lipinski definition) is 3. The summed E-state index contributed by atoms with van der Waals surface area (Å²) in [5, 5.41) is 18.5. The molecule has 116 valence electrons. The molecule has 5 heteroatoms. The maximum absolute atomic E-state index is 10.6. The van der Waals surface area contributed by atoms with E-state index in [2.05, 4.69) is 6.92 Å². The first-order valence-corrected chi connectivity index (χ1v) is 8.49. The summed E-state index contributed by atoms with van der Waals surface area (Å²) < 4.78 is 0. The molecule has 1 aromatic rings. The number of amidine groups is 1. The van der Waals surface area contributed by atoms with Gasteiger partial charge < -0.3 is 15.7 Å². The molecule has 0 aliphatic heterocycles. The van der Waals surface area contributed by atoms with Gasteiger partial charge in [-0.2, -0.15) is 0 Å². The number of aliphatic hydroxyl groups is 1. The lowest BCUT2D eigenvalue weighted by atomic mass is 10.0. The van der Waals surface area contributed by atoms with Gasteiger partial charge in [-0.15, -0.1) is 11.8 Å². The van der Waals surface area contributed by atoms with Gasteiger partial charge in [0.1, 0.15) is 5.84 Å². The minimum atomic E-state index is -0.600. The Hall–Kier alpha value is -1.20. The molecule has 4 N–H and O–H groups in total. The fourth-order valence-corrected chi connectivity index (χ4v) is 3.95. The molecule has 0 aromatic heterocycles. The minimum Gasteiger partial charge on any atom is -0.388 e. The lowest BCUT2D eigenvalue weighted by molar-refractivity contribution is 0.0559. The zero-order chi connectivity index (χ0) is 15.5. The second-order valence-corrected chi connectivity index (χ2v) is 7.09. The Morgan fingerprint density at radius 3 is 2.67 bits per heavy atom. The van der Waals surface area contributed by atoms with Crippen molar-refractivity contribution in [3.63, 3.8) is 0 Å². The van der Waals surface area contributed by atoms with Crippen molar-refractivity contribution in [3.05, 3.63) is 23.8 Å². The van der Waals surface area contributed by atoms with Crippen molar-refractivity contribution in [1.29, 1.82) is 5.41 Å². The average Bonchev–Trinajstić information content (AvgIpc) is 2.85. The Morgan fingerprint density at radius 2 is 2.10 bits per heavy atom. The van der Waals surface area contributed by atoms with Crippen LogP contribution in [0.2, 0.25) is 0 Å². The van der Waals surface area contributed by atoms with Gasteiger partial charge in [-0.3, -0.25) is 5.41 Å². The third-order valence-corrected chi connectivity index (χ3v) is 4.99. The second-order valence-electron chi connectivity index (χ2n) is 5.78. The molecule has 1 fully saturated rings. The van der Waals surface area contributed by atoms with Crippen LogP contribution in [0.25, 0.3) is 0 Å². The highest BCUT2D eigenvalue weighted by atomic mass is 32.2. The van der Waals surface area contributed by atoms with Gasteiger partial charge in [-0.05, 0) is 30.7 Å². The summed E-state index contributed by atoms with van der Waals surface area (Å²) >= 11 is 1.69. The van der Waals surface area contributed by atoms with Gasteiger partial charge in [-0.1, -0.05) is 25.8 Å². The molecule has 1 aliphatic rings. The number of hydrogen-bond acceptors (Lipinski definition) is 4. The van der Waals surface area contributed by atoms with E-state index in [-0.39, 0.29) is 5.84 Å². The SMILES string of the molecule is CCSc1cccc(N(C)CC2(O)CCCC2)c1C(=N)N. The van der Waals surface area contributed by atoms with Crippen LogP contribution in [0.3, 0.4) is 0 Å². The molecule has 4 nitrogen and oxygen atoms in total. The number of nitrogens with one attached hydrogen (secondary N) is 1. The fourth-order valence-electron chi connectivity index (χ4n) is 3.10. The lowest BCUT2D eigenvalue weighted by Crippen LogP contribution is -2.40. The Kier molecular flexibility index (Phi) is 5.17. The predicted octanol–water partition coefficient (Wildman–Crippen LogP) is 2.82. The van der Waals surface area contributed by atoms with Crippen molar-refractivity contribution in [2.45, 2.75) is 43.1 Å². The van der Waals surface area contributed by atoms with E-state index in [0.29, 0.717) is 6.54 Å². The van der Waals surface area contributed by atoms with E-state index in [1.165, 1.54) is 0 Å². The highest BCUT2D eigenvalue weighted by Gasteiger charge is 2.33. The van der Waals surface area contributed by atoms with Crippen LogP contribution in [0.4, 0.5) is 5.69 Å². The van der Waals surface area contributed by atoms with Crippen LogP contribution >= 0.6 is 11.8 Å². The van der Waals surface area contributed by atoms with Crippen LogP contribution < -0.4 is 10.6 Å². The predicted molar refractivity (Wildman–Crippen MR) is 90.5 cm³/mol. The van der Waals surface area contributed by atoms with Gasteiger partial charge in [0.25, 0.3) is 0 Å². The Bertz CT molecular complexity index is 512. The molecule has 0 bridgehead atoms. The van der Waals surface area contributed by atoms with Crippen LogP contribution in [0, 0.1) is 5.41 Å². The highest BCUT2D eigenvalue weighted by molar-refractivity contribution is 7.99. The molecule has 0 atom stereocenters. The number of benzene rings is 1. The minimum absolute atomic E-state index is 0.0896. The van der Waals surface area contributed by atoms with E-state index in [0.717, 1.165) is 47.6 Å². The summed E-state index contributed by atoms with van der Waals surface area (Å²) in [6.07, 6.45) is 3.90. The first kappa shape index (κ1) is 16.2. The van der Waals surface area contributed by atoms with Gasteiger partial charge >= 0.3 is 0 Å². The molecule has 2 rings (SSSR count). The number of anilines is 1. The molecular weight excluding hydrogens is 282 g/mol. The molecule has 1 saturated carbocycles. The summed E-state index contributed by atoms with van der Waals surface area (Å²) in [4.78, 5) is 3.08. The normalized spacial score (nSPS) is 16.9. The molecule has 21 heavy (non-hydrogen) atoms. The van der Waals surface area contributed by atoms with E-state index >= 15 is 0 Å². The first-order chi connectivity index (χ1) is 9.97. The van der Waals surface area contributed by atoms with E-state index in [1.54, 1.807) is 11.8 Å². The first-order valence-electron chi connectivity index (χ1n) is 7.50. The topological polar surface area (TPSA) is 73.3 Å². The van der Waals surface area contributed by atoms with Gasteiger partial charge in [0, 0.05) is 24.2 Å². The van der Waals surface area contributed by atoms with Crippen molar-refractivity contribution >= 4 is 23.3 Å². The molecule has 0 heterocycles. The van der Waals surface area contributed by atoms with Crippen molar-refractivity contribution < 1.29 is 5.11 Å². The number of likely N-dealkylation sites (N-methyl/N-ethyl adjacent to an activating group) is 1. The van der Waals surface area contributed by atoms with Crippen LogP contribution in [-0.2, 0) is 0 Å². The molecule has 0 unspecified atom stereocenters. The zero-order valence-electron chi connectivity index (χ0n) is 12.9. The van der Waals surface area contributed by atoms with Gasteiger partial charge in [0.15, 0.2) is 0 Å². The number of nitrogen functional groups attached to an aromatic ring is 1. The van der Waals surface area contributed by atoms with Crippen LogP contribution in [-0.4, -0.2) is 35.9 Å². The third kappa shape index (κ3) is 3.71. The van der Waals surface area contributed by atoms with Crippen molar-refractivity contribution in [3.8, 4) is 0 Å². The average molecular weight is 307 g/mol. The summed E-state index contributed by atoms with van der Waals surface area (Å²) in [6.45, 7) is 2.68. The van der Waals surface area contributed by atoms with Crippen LogP contribution in [0.1, 0.15) is 38.2 Å². The lowest BCUT2D eigenvalue weighted by Gasteiger charge is -2.31. The highest BCUT2D eigenvalue weighted by Crippen LogP contribution is 2.34. The van der Waals surface area contributed by atoms with Crippen molar-refractivity contribution in [2.75, 3.05) is 24.2 Å². The number of nitrogens with two attached hydrogens (primary N) is 1. The smallest absolute Gasteiger partial charge is 0.126 e. The largest absolute Gasteiger partial charge is 0.388 e. The van der Waals surface area contributed by atoms with E-state index in [4.69, 9.17) is 11.1 Å². The molecule has 0 saturated heterocycles. The summed E-state index contributed by atoms with van der Waals surface area (Å²) in [7, 11) is 1.97. The quantitative estimate of drug-likeness (QED) is 0.429. The van der Waals surface area contributed by atoms with Crippen molar-refractivity contribution in [1.82, 2.24) is 0 Å². The standard InChI is InChI=1S/C16H25N3OS/c1-3-21-13-8-6-7-12(14(13)15(17)18)19(2)11-16(20)9-4-5-10-16/h6-8,20H,3-5,9-11H2,1-2H3,(H3,17,18). The Balaban J connectivity index is 2.29. The van der Waals surface area contributed by atoms with Gasteiger partial charge in [0.2, 0.25) is 0 Å². The summed E-state index contributed by atoms with van der Waals surface area (Å²) in [5.41, 5.74) is 6.92. The molecule has 0 radical (unpaired) electrons. The zero-order valence-corrected chi connectivity index (χ0v) is 13.7. The fraction of sp³-hybridized carbons (Fsp3) is 0.562. The second kappa shape index (κ2) is 6.71. The number of rotatable bonds is 6. The molecule has 1 aliphatic carbocycles. The summed E-state index contributed by atoms with van der Waals surface area (Å²) in [5.74, 6) is 1.03. The Morgan fingerprint density at radius 1 is 1.43 bits per heavy atom. The molecule has 0 spiro atoms. The van der Waals surface area contributed by atoms with Gasteiger partial charge in [0.05, 0.1) is 11.2 Å². The monoisotopic (exact) mass is 307 g/mol. The Labute approximate surface area is 131 Å². The van der Waals surface area contributed by atoms with E-state index in [1.807, 2.05) is 30.1 Å². The molecular formula is C16H25N3OS. The number of nitrogens with zero attached hydrogens (tertiary/aromatic N) is 1. The maximum Gasteiger partial charge on any atom is 0.126 e. The van der Waals surface area contributed by atoms with E-state index < -0.39 is 5.60 Å². The summed E-state index contributed by atoms with van der Waals surface area (Å²) in [6, 6.07) is 5.98. The maximum atomic E-state index is 10.6. The van der Waals surface area contributed by atoms with Crippen LogP contribution in [0.5, 0.6) is 0 Å². The number of thioether (sulfide) groups is 1. The van der Waals surface area contributed by atoms with Crippen LogP contribution in [0.15, 0.2) is 23.1 Å². The third-order valence-electron chi connectivity index (χ3n) is 4.05. The van der Waals surface area contributed by atoms with E-state index in [9.17, 15) is 5.11 Å².